The molecule has 2 saturated carbocycles. The van der Waals surface area contributed by atoms with Crippen molar-refractivity contribution >= 4 is 12.3 Å². The summed E-state index contributed by atoms with van der Waals surface area (Å²) in [4.78, 5) is 25.9. The van der Waals surface area contributed by atoms with Gasteiger partial charge in [-0.1, -0.05) is 52.2 Å². The molecule has 0 spiro atoms. The fourth-order valence-corrected chi connectivity index (χ4v) is 7.55. The summed E-state index contributed by atoms with van der Waals surface area (Å²) in [7, 11) is 1.75. The van der Waals surface area contributed by atoms with Crippen LogP contribution in [0.3, 0.4) is 0 Å². The maximum atomic E-state index is 13.0. The second kappa shape index (κ2) is 10.4. The Bertz CT molecular complexity index is 700. The highest BCUT2D eigenvalue weighted by molar-refractivity contribution is 5.88. The smallest absolute Gasteiger partial charge is 0.314 e. The van der Waals surface area contributed by atoms with Gasteiger partial charge in [0.15, 0.2) is 0 Å². The van der Waals surface area contributed by atoms with Crippen molar-refractivity contribution in [3.05, 3.63) is 11.6 Å². The van der Waals surface area contributed by atoms with E-state index in [0.717, 1.165) is 63.6 Å². The summed E-state index contributed by atoms with van der Waals surface area (Å²) in [5.74, 6) is 0.180. The Kier molecular flexibility index (Phi) is 8.25. The first-order valence-electron chi connectivity index (χ1n) is 12.8. The van der Waals surface area contributed by atoms with Gasteiger partial charge in [0.2, 0.25) is 0 Å². The Labute approximate surface area is 194 Å². The lowest BCUT2D eigenvalue weighted by atomic mass is 9.52. The number of methoxy groups -OCH3 is 1. The summed E-state index contributed by atoms with van der Waals surface area (Å²) >= 11 is 0. The van der Waals surface area contributed by atoms with E-state index in [4.69, 9.17) is 9.47 Å². The van der Waals surface area contributed by atoms with E-state index in [1.165, 1.54) is 0 Å². The van der Waals surface area contributed by atoms with Crippen LogP contribution in [0.4, 0.5) is 0 Å². The van der Waals surface area contributed by atoms with Gasteiger partial charge in [-0.2, -0.15) is 0 Å². The number of hydrogen-bond donors (Lipinski definition) is 1. The number of carboxylic acid groups (broad SMARTS) is 1. The Morgan fingerprint density at radius 1 is 1.25 bits per heavy atom. The Hall–Kier alpha value is -1.20. The molecule has 0 radical (unpaired) electrons. The average Bonchev–Trinajstić information content (AvgIpc) is 3.42. The van der Waals surface area contributed by atoms with Crippen molar-refractivity contribution in [2.24, 2.45) is 40.4 Å². The van der Waals surface area contributed by atoms with Crippen molar-refractivity contribution in [3.8, 4) is 0 Å². The van der Waals surface area contributed by atoms with E-state index >= 15 is 0 Å². The lowest BCUT2D eigenvalue weighted by Gasteiger charge is -2.48. The van der Waals surface area contributed by atoms with Crippen LogP contribution >= 0.6 is 0 Å². The summed E-state index contributed by atoms with van der Waals surface area (Å²) in [6.07, 6.45) is 10.6. The van der Waals surface area contributed by atoms with Crippen molar-refractivity contribution in [1.82, 2.24) is 0 Å². The lowest BCUT2D eigenvalue weighted by Crippen LogP contribution is -2.53. The number of carbonyl (C=O) groups excluding carboxylic acids is 1. The SMILES string of the molecule is CCCCOCCCCC1C(C)C(OC)CC1C1(C=O)CC2C=C(C(C)C)C1(C(=O)O)C2. The van der Waals surface area contributed by atoms with Crippen molar-refractivity contribution < 1.29 is 24.2 Å². The van der Waals surface area contributed by atoms with Gasteiger partial charge < -0.3 is 19.4 Å². The second-order valence-corrected chi connectivity index (χ2v) is 10.9. The van der Waals surface area contributed by atoms with Crippen LogP contribution in [0.1, 0.15) is 79.1 Å². The first kappa shape index (κ1) is 25.4. The van der Waals surface area contributed by atoms with Crippen LogP contribution in [0.15, 0.2) is 11.6 Å². The molecule has 7 atom stereocenters. The zero-order valence-electron chi connectivity index (χ0n) is 20.8. The molecule has 0 aromatic carbocycles. The van der Waals surface area contributed by atoms with E-state index in [9.17, 15) is 14.7 Å². The first-order chi connectivity index (χ1) is 15.3. The molecule has 182 valence electrons. The maximum absolute atomic E-state index is 13.0. The maximum Gasteiger partial charge on any atom is 0.314 e. The fraction of sp³-hybridized carbons (Fsp3) is 0.852. The molecule has 5 nitrogen and oxygen atoms in total. The fourth-order valence-electron chi connectivity index (χ4n) is 7.55. The Morgan fingerprint density at radius 2 is 1.97 bits per heavy atom. The van der Waals surface area contributed by atoms with Crippen LogP contribution in [0.25, 0.3) is 0 Å². The van der Waals surface area contributed by atoms with Gasteiger partial charge in [0, 0.05) is 25.7 Å². The predicted octanol–water partition coefficient (Wildman–Crippen LogP) is 5.52. The molecule has 3 rings (SSSR count). The summed E-state index contributed by atoms with van der Waals surface area (Å²) in [5, 5.41) is 10.6. The number of carboxylic acids is 1. The molecule has 2 bridgehead atoms. The van der Waals surface area contributed by atoms with E-state index < -0.39 is 16.8 Å². The third-order valence-corrected chi connectivity index (χ3v) is 9.02. The number of aliphatic carboxylic acids is 1. The Balaban J connectivity index is 1.84. The number of unbranched alkanes of at least 4 members (excludes halogenated alkanes) is 2. The number of aldehydes is 1. The highest BCUT2D eigenvalue weighted by Gasteiger charge is 2.71. The summed E-state index contributed by atoms with van der Waals surface area (Å²) in [5.41, 5.74) is -0.908. The average molecular weight is 449 g/mol. The molecule has 32 heavy (non-hydrogen) atoms. The summed E-state index contributed by atoms with van der Waals surface area (Å²) < 4.78 is 11.6. The summed E-state index contributed by atoms with van der Waals surface area (Å²) in [6, 6.07) is 0. The number of allylic oxidation sites excluding steroid dienone is 1. The van der Waals surface area contributed by atoms with Gasteiger partial charge in [-0.15, -0.1) is 0 Å². The lowest BCUT2D eigenvalue weighted by molar-refractivity contribution is -0.160. The van der Waals surface area contributed by atoms with Gasteiger partial charge in [-0.3, -0.25) is 4.79 Å². The number of fused-ring (bicyclic) bond motifs is 2. The molecule has 2 fully saturated rings. The minimum atomic E-state index is -1.05. The van der Waals surface area contributed by atoms with Gasteiger partial charge in [0.25, 0.3) is 0 Å². The second-order valence-electron chi connectivity index (χ2n) is 10.9. The third kappa shape index (κ3) is 4.09. The molecule has 0 amide bonds. The third-order valence-electron chi connectivity index (χ3n) is 9.02. The van der Waals surface area contributed by atoms with Crippen LogP contribution in [-0.4, -0.2) is 43.8 Å². The van der Waals surface area contributed by atoms with E-state index in [0.29, 0.717) is 24.7 Å². The monoisotopic (exact) mass is 448 g/mol. The topological polar surface area (TPSA) is 72.8 Å². The van der Waals surface area contributed by atoms with Gasteiger partial charge in [0.1, 0.15) is 11.7 Å². The number of carbonyl (C=O) groups is 2. The molecule has 0 saturated heterocycles. The van der Waals surface area contributed by atoms with Crippen molar-refractivity contribution in [2.75, 3.05) is 20.3 Å². The van der Waals surface area contributed by atoms with Crippen LogP contribution < -0.4 is 0 Å². The molecular weight excluding hydrogens is 404 g/mol. The van der Waals surface area contributed by atoms with Crippen molar-refractivity contribution in [1.29, 1.82) is 0 Å². The number of hydrogen-bond acceptors (Lipinski definition) is 4. The molecule has 0 heterocycles. The summed E-state index contributed by atoms with van der Waals surface area (Å²) in [6.45, 7) is 10.1. The normalized spacial score (nSPS) is 38.4. The molecule has 3 aliphatic rings. The molecule has 7 unspecified atom stereocenters. The predicted molar refractivity (Wildman–Crippen MR) is 125 cm³/mol. The zero-order chi connectivity index (χ0) is 23.5. The molecule has 3 aliphatic carbocycles. The molecule has 0 aromatic heterocycles. The van der Waals surface area contributed by atoms with Gasteiger partial charge in [-0.25, -0.2) is 0 Å². The van der Waals surface area contributed by atoms with Gasteiger partial charge in [0.05, 0.1) is 6.10 Å². The van der Waals surface area contributed by atoms with E-state index in [-0.39, 0.29) is 23.9 Å². The number of rotatable bonds is 13. The molecular formula is C27H44O5. The van der Waals surface area contributed by atoms with Crippen molar-refractivity contribution in [3.63, 3.8) is 0 Å². The minimum absolute atomic E-state index is 0.0458. The molecule has 5 heteroatoms. The van der Waals surface area contributed by atoms with Gasteiger partial charge in [-0.05, 0) is 68.1 Å². The molecule has 1 N–H and O–H groups in total. The zero-order valence-corrected chi connectivity index (χ0v) is 20.8. The minimum Gasteiger partial charge on any atom is -0.481 e. The number of ether oxygens (including phenoxy) is 2. The van der Waals surface area contributed by atoms with Crippen LogP contribution in [0.5, 0.6) is 0 Å². The van der Waals surface area contributed by atoms with Crippen LogP contribution in [-0.2, 0) is 19.1 Å². The molecule has 0 aliphatic heterocycles. The quantitative estimate of drug-likeness (QED) is 0.228. The first-order valence-corrected chi connectivity index (χ1v) is 12.8. The Morgan fingerprint density at radius 3 is 2.56 bits per heavy atom. The van der Waals surface area contributed by atoms with Crippen LogP contribution in [0, 0.1) is 40.4 Å². The van der Waals surface area contributed by atoms with E-state index in [2.05, 4.69) is 33.8 Å². The van der Waals surface area contributed by atoms with Crippen molar-refractivity contribution in [2.45, 2.75) is 85.2 Å². The van der Waals surface area contributed by atoms with Crippen LogP contribution in [0.2, 0.25) is 0 Å². The highest BCUT2D eigenvalue weighted by Crippen LogP contribution is 2.70. The molecule has 0 aromatic rings. The van der Waals surface area contributed by atoms with E-state index in [1.807, 2.05) is 0 Å². The van der Waals surface area contributed by atoms with Gasteiger partial charge >= 0.3 is 5.97 Å². The highest BCUT2D eigenvalue weighted by atomic mass is 16.5. The van der Waals surface area contributed by atoms with E-state index in [1.54, 1.807) is 7.11 Å². The largest absolute Gasteiger partial charge is 0.481 e. The standard InChI is InChI=1S/C27H44O5/c1-6-7-11-32-12-9-8-10-21-19(4)24(31-5)14-23(21)26(17-28)15-20-13-22(18(2)3)27(26,16-20)25(29)30/h13,17-21,23-24H,6-12,14-16H2,1-5H3,(H,29,30).